The summed E-state index contributed by atoms with van der Waals surface area (Å²) in [4.78, 5) is 25.1. The van der Waals surface area contributed by atoms with Crippen LogP contribution in [0.5, 0.6) is 11.5 Å². The van der Waals surface area contributed by atoms with Gasteiger partial charge in [-0.05, 0) is 37.6 Å². The second-order valence-corrected chi connectivity index (χ2v) is 7.39. The number of nitrogens with zero attached hydrogens (tertiary/aromatic N) is 1. The number of aliphatic carboxylic acids is 1. The zero-order valence-corrected chi connectivity index (χ0v) is 16.8. The fourth-order valence-electron chi connectivity index (χ4n) is 2.10. The molecular weight excluding hydrogens is 430 g/mol. The van der Waals surface area contributed by atoms with E-state index in [2.05, 4.69) is 15.9 Å². The van der Waals surface area contributed by atoms with Crippen LogP contribution in [-0.4, -0.2) is 46.0 Å². The highest BCUT2D eigenvalue weighted by atomic mass is 79.9. The number of amides is 1. The van der Waals surface area contributed by atoms with Crippen LogP contribution in [-0.2, 0) is 9.59 Å². The van der Waals surface area contributed by atoms with Crippen LogP contribution in [0, 0.1) is 0 Å². The van der Waals surface area contributed by atoms with E-state index in [1.165, 1.54) is 16.7 Å². The fraction of sp³-hybridized carbons (Fsp3) is 0.312. The van der Waals surface area contributed by atoms with Crippen molar-refractivity contribution in [1.82, 2.24) is 4.90 Å². The number of carboxylic acid groups (broad SMARTS) is 1. The molecule has 1 heterocycles. The Morgan fingerprint density at radius 2 is 2.04 bits per heavy atom. The number of hydrogen-bond acceptors (Lipinski definition) is 6. The van der Waals surface area contributed by atoms with Crippen molar-refractivity contribution in [3.05, 3.63) is 27.1 Å². The van der Waals surface area contributed by atoms with Gasteiger partial charge < -0.3 is 14.6 Å². The van der Waals surface area contributed by atoms with Crippen molar-refractivity contribution in [1.29, 1.82) is 0 Å². The van der Waals surface area contributed by atoms with E-state index in [4.69, 9.17) is 26.8 Å². The van der Waals surface area contributed by atoms with Gasteiger partial charge in [-0.3, -0.25) is 9.69 Å². The third-order valence-corrected chi connectivity index (χ3v) is 5.25. The molecule has 1 aromatic carbocycles. The molecule has 134 valence electrons. The molecule has 0 unspecified atom stereocenters. The smallest absolute Gasteiger partial charge is 0.341 e. The lowest BCUT2D eigenvalue weighted by atomic mass is 10.2. The Balaban J connectivity index is 2.37. The molecule has 6 nitrogen and oxygen atoms in total. The number of thiocarbonyl (C=S) groups is 1. The van der Waals surface area contributed by atoms with Crippen LogP contribution in [0.4, 0.5) is 0 Å². The minimum Gasteiger partial charge on any atom is -0.490 e. The number of benzene rings is 1. The standard InChI is InChI=1S/C16H16BrNO5S2/c1-3-18-15(21)13(25-16(18)24)6-9-5-11(22-4-2)12(7-10(9)17)23-8-14(19)20/h5-7H,3-4,8H2,1-2H3,(H,19,20)/b13-6-. The highest BCUT2D eigenvalue weighted by Crippen LogP contribution is 2.38. The Morgan fingerprint density at radius 1 is 1.36 bits per heavy atom. The molecule has 0 atom stereocenters. The van der Waals surface area contributed by atoms with Crippen molar-refractivity contribution < 1.29 is 24.2 Å². The third-order valence-electron chi connectivity index (χ3n) is 3.19. The number of thioether (sulfide) groups is 1. The van der Waals surface area contributed by atoms with Crippen LogP contribution in [0.15, 0.2) is 21.5 Å². The minimum atomic E-state index is -1.08. The number of rotatable bonds is 7. The van der Waals surface area contributed by atoms with Crippen LogP contribution in [0.2, 0.25) is 0 Å². The summed E-state index contributed by atoms with van der Waals surface area (Å²) < 4.78 is 12.0. The summed E-state index contributed by atoms with van der Waals surface area (Å²) in [5, 5.41) is 8.77. The summed E-state index contributed by atoms with van der Waals surface area (Å²) in [6, 6.07) is 3.32. The quantitative estimate of drug-likeness (QED) is 0.507. The fourth-order valence-corrected chi connectivity index (χ4v) is 3.91. The lowest BCUT2D eigenvalue weighted by Gasteiger charge is -2.13. The van der Waals surface area contributed by atoms with Crippen molar-refractivity contribution in [3.63, 3.8) is 0 Å². The third kappa shape index (κ3) is 4.74. The Hall–Kier alpha value is -1.58. The van der Waals surface area contributed by atoms with Crippen LogP contribution >= 0.6 is 39.9 Å². The highest BCUT2D eigenvalue weighted by Gasteiger charge is 2.30. The zero-order valence-electron chi connectivity index (χ0n) is 13.6. The maximum Gasteiger partial charge on any atom is 0.341 e. The molecule has 0 aromatic heterocycles. The van der Waals surface area contributed by atoms with Gasteiger partial charge in [0, 0.05) is 11.0 Å². The molecule has 0 saturated carbocycles. The summed E-state index contributed by atoms with van der Waals surface area (Å²) in [5.41, 5.74) is 0.711. The van der Waals surface area contributed by atoms with Gasteiger partial charge in [-0.2, -0.15) is 0 Å². The molecule has 1 amide bonds. The lowest BCUT2D eigenvalue weighted by Crippen LogP contribution is -2.27. The first-order valence-electron chi connectivity index (χ1n) is 7.43. The van der Waals surface area contributed by atoms with Crippen LogP contribution in [0.25, 0.3) is 6.08 Å². The van der Waals surface area contributed by atoms with Crippen molar-refractivity contribution in [2.45, 2.75) is 13.8 Å². The Kier molecular flexibility index (Phi) is 6.86. The highest BCUT2D eigenvalue weighted by molar-refractivity contribution is 9.10. The lowest BCUT2D eigenvalue weighted by molar-refractivity contribution is -0.139. The molecule has 1 fully saturated rings. The van der Waals surface area contributed by atoms with Crippen molar-refractivity contribution in [3.8, 4) is 11.5 Å². The van der Waals surface area contributed by atoms with E-state index >= 15 is 0 Å². The number of hydrogen-bond donors (Lipinski definition) is 1. The number of likely N-dealkylation sites (N-methyl/N-ethyl adjacent to an activating group) is 1. The average molecular weight is 446 g/mol. The van der Waals surface area contributed by atoms with E-state index < -0.39 is 12.6 Å². The summed E-state index contributed by atoms with van der Waals surface area (Å²) in [5.74, 6) is -0.488. The molecule has 0 aliphatic carbocycles. The maximum absolute atomic E-state index is 12.3. The number of carboxylic acids is 1. The Morgan fingerprint density at radius 3 is 2.60 bits per heavy atom. The van der Waals surface area contributed by atoms with Gasteiger partial charge in [-0.25, -0.2) is 4.79 Å². The summed E-state index contributed by atoms with van der Waals surface area (Å²) in [6.07, 6.45) is 1.72. The molecule has 1 aliphatic heterocycles. The van der Waals surface area contributed by atoms with Crippen molar-refractivity contribution in [2.75, 3.05) is 19.8 Å². The van der Waals surface area contributed by atoms with Crippen molar-refractivity contribution in [2.24, 2.45) is 0 Å². The molecule has 0 spiro atoms. The predicted molar refractivity (Wildman–Crippen MR) is 104 cm³/mol. The number of carbonyl (C=O) groups is 2. The maximum atomic E-state index is 12.3. The number of carbonyl (C=O) groups excluding carboxylic acids is 1. The summed E-state index contributed by atoms with van der Waals surface area (Å²) in [6.45, 7) is 4.12. The largest absolute Gasteiger partial charge is 0.490 e. The van der Waals surface area contributed by atoms with Crippen LogP contribution < -0.4 is 9.47 Å². The second-order valence-electron chi connectivity index (χ2n) is 4.86. The number of ether oxygens (including phenoxy) is 2. The summed E-state index contributed by atoms with van der Waals surface area (Å²) >= 11 is 9.87. The Bertz CT molecular complexity index is 750. The second kappa shape index (κ2) is 8.68. The van der Waals surface area contributed by atoms with Gasteiger partial charge in [0.15, 0.2) is 18.1 Å². The van der Waals surface area contributed by atoms with Gasteiger partial charge in [0.25, 0.3) is 5.91 Å². The first kappa shape index (κ1) is 19.7. The van der Waals surface area contributed by atoms with E-state index in [9.17, 15) is 9.59 Å². The monoisotopic (exact) mass is 445 g/mol. The molecule has 0 radical (unpaired) electrons. The molecule has 0 bridgehead atoms. The predicted octanol–water partition coefficient (Wildman–Crippen LogP) is 3.53. The van der Waals surface area contributed by atoms with E-state index in [0.29, 0.717) is 43.9 Å². The number of halogens is 1. The first-order valence-corrected chi connectivity index (χ1v) is 9.45. The first-order chi connectivity index (χ1) is 11.9. The van der Waals surface area contributed by atoms with Gasteiger partial charge in [0.2, 0.25) is 0 Å². The zero-order chi connectivity index (χ0) is 18.6. The van der Waals surface area contributed by atoms with E-state index in [0.717, 1.165) is 0 Å². The van der Waals surface area contributed by atoms with Gasteiger partial charge in [0.1, 0.15) is 4.32 Å². The minimum absolute atomic E-state index is 0.131. The molecule has 1 saturated heterocycles. The molecule has 1 N–H and O–H groups in total. The molecule has 25 heavy (non-hydrogen) atoms. The van der Waals surface area contributed by atoms with Gasteiger partial charge in [-0.15, -0.1) is 0 Å². The molecule has 1 aliphatic rings. The summed E-state index contributed by atoms with van der Waals surface area (Å²) in [7, 11) is 0. The topological polar surface area (TPSA) is 76.1 Å². The van der Waals surface area contributed by atoms with Crippen LogP contribution in [0.3, 0.4) is 0 Å². The van der Waals surface area contributed by atoms with E-state index in [1.807, 2.05) is 13.8 Å². The molecular formula is C16H16BrNO5S2. The van der Waals surface area contributed by atoms with E-state index in [-0.39, 0.29) is 5.91 Å². The SMILES string of the molecule is CCOc1cc(/C=C2\SC(=S)N(CC)C2=O)c(Br)cc1OCC(=O)O. The Labute approximate surface area is 163 Å². The van der Waals surface area contributed by atoms with Crippen LogP contribution in [0.1, 0.15) is 19.4 Å². The normalized spacial score (nSPS) is 15.8. The van der Waals surface area contributed by atoms with Crippen molar-refractivity contribution >= 4 is 62.2 Å². The molecule has 1 aromatic rings. The van der Waals surface area contributed by atoms with Gasteiger partial charge in [0.05, 0.1) is 11.5 Å². The molecule has 2 rings (SSSR count). The average Bonchev–Trinajstić information content (AvgIpc) is 2.82. The van der Waals surface area contributed by atoms with Gasteiger partial charge >= 0.3 is 5.97 Å². The van der Waals surface area contributed by atoms with Gasteiger partial charge in [-0.1, -0.05) is 39.9 Å². The molecule has 9 heteroatoms. The van der Waals surface area contributed by atoms with E-state index in [1.54, 1.807) is 18.2 Å².